The molecule has 0 fully saturated rings. The first-order valence-electron chi connectivity index (χ1n) is 23.4. The fourth-order valence-electron chi connectivity index (χ4n) is 12.9. The lowest BCUT2D eigenvalue weighted by atomic mass is 9.65. The molecule has 0 bridgehead atoms. The number of hydrogen-bond donors (Lipinski definition) is 0. The van der Waals surface area contributed by atoms with Gasteiger partial charge in [0, 0.05) is 22.1 Å². The number of fused-ring (bicyclic) bond motifs is 15. The molecule has 1 aliphatic heterocycles. The first-order valence-corrected chi connectivity index (χ1v) is 23.4. The van der Waals surface area contributed by atoms with Crippen LogP contribution in [0.5, 0.6) is 0 Å². The fourth-order valence-corrected chi connectivity index (χ4v) is 12.9. The summed E-state index contributed by atoms with van der Waals surface area (Å²) < 4.78 is 2.53. The molecule has 1 aromatic heterocycles. The molecule has 3 aliphatic rings. The molecule has 2 aliphatic carbocycles. The van der Waals surface area contributed by atoms with Gasteiger partial charge in [-0.25, -0.2) is 0 Å². The highest BCUT2D eigenvalue weighted by Gasteiger charge is 2.51. The molecule has 10 aromatic carbocycles. The van der Waals surface area contributed by atoms with Crippen LogP contribution in [0.25, 0.3) is 72.0 Å². The first kappa shape index (κ1) is 37.4. The largest absolute Gasteiger partial charge is 0.309 e. The van der Waals surface area contributed by atoms with Crippen LogP contribution in [-0.4, -0.2) is 4.57 Å². The number of nitrogens with zero attached hydrogens (tertiary/aromatic N) is 1. The van der Waals surface area contributed by atoms with Crippen LogP contribution in [0.4, 0.5) is 0 Å². The van der Waals surface area contributed by atoms with Crippen LogP contribution in [0.3, 0.4) is 0 Å². The SMILES string of the molecule is CC1(C)c2ccccc2-c2c(C(c3ccccc3-c3ccccc3)c3ccccc3-c3ccc4c(c3)-c3ccccc3C43c4ccccc4-n4c5ccccc5c5cccc3c54)cccc21. The van der Waals surface area contributed by atoms with E-state index in [4.69, 9.17) is 0 Å². The summed E-state index contributed by atoms with van der Waals surface area (Å²) in [7, 11) is 0. The van der Waals surface area contributed by atoms with Crippen LogP contribution in [0.2, 0.25) is 0 Å². The Hall–Kier alpha value is -8.00. The van der Waals surface area contributed by atoms with Gasteiger partial charge in [-0.15, -0.1) is 0 Å². The van der Waals surface area contributed by atoms with Gasteiger partial charge in [-0.2, -0.15) is 0 Å². The van der Waals surface area contributed by atoms with E-state index in [1.807, 2.05) is 0 Å². The lowest BCUT2D eigenvalue weighted by Gasteiger charge is -2.39. The van der Waals surface area contributed by atoms with E-state index in [0.717, 1.165) is 0 Å². The molecule has 1 heteroatoms. The molecule has 0 saturated heterocycles. The molecule has 0 radical (unpaired) electrons. The maximum Gasteiger partial charge on any atom is 0.0754 e. The Morgan fingerprint density at radius 1 is 0.348 bits per heavy atom. The van der Waals surface area contributed by atoms with Gasteiger partial charge in [0.25, 0.3) is 0 Å². The van der Waals surface area contributed by atoms with E-state index >= 15 is 0 Å². The average molecular weight is 840 g/mol. The Labute approximate surface area is 385 Å². The molecular weight excluding hydrogens is 795 g/mol. The number of hydrogen-bond acceptors (Lipinski definition) is 0. The van der Waals surface area contributed by atoms with Crippen molar-refractivity contribution < 1.29 is 0 Å². The zero-order valence-corrected chi connectivity index (χ0v) is 37.0. The molecule has 11 aromatic rings. The Morgan fingerprint density at radius 2 is 0.894 bits per heavy atom. The zero-order chi connectivity index (χ0) is 43.7. The van der Waals surface area contributed by atoms with Crippen molar-refractivity contribution in [1.82, 2.24) is 4.57 Å². The number of benzene rings is 10. The highest BCUT2D eigenvalue weighted by molar-refractivity contribution is 6.13. The minimum absolute atomic E-state index is 0.0638. The van der Waals surface area contributed by atoms with Crippen LogP contribution >= 0.6 is 0 Å². The van der Waals surface area contributed by atoms with Crippen molar-refractivity contribution in [2.75, 3.05) is 0 Å². The van der Waals surface area contributed by atoms with Gasteiger partial charge in [-0.3, -0.25) is 0 Å². The van der Waals surface area contributed by atoms with Crippen LogP contribution in [0, 0.1) is 0 Å². The molecule has 1 spiro atoms. The summed E-state index contributed by atoms with van der Waals surface area (Å²) in [6.07, 6.45) is 0. The van der Waals surface area contributed by atoms with E-state index < -0.39 is 5.41 Å². The van der Waals surface area contributed by atoms with Gasteiger partial charge in [0.05, 0.1) is 22.1 Å². The molecule has 66 heavy (non-hydrogen) atoms. The molecule has 2 heterocycles. The second-order valence-electron chi connectivity index (χ2n) is 19.0. The molecule has 0 saturated carbocycles. The monoisotopic (exact) mass is 839 g/mol. The summed E-state index contributed by atoms with van der Waals surface area (Å²) in [4.78, 5) is 0. The van der Waals surface area contributed by atoms with Gasteiger partial charge in [-0.05, 0) is 113 Å². The number of aromatic nitrogens is 1. The summed E-state index contributed by atoms with van der Waals surface area (Å²) in [6.45, 7) is 4.78. The highest BCUT2D eigenvalue weighted by Crippen LogP contribution is 2.62. The van der Waals surface area contributed by atoms with Gasteiger partial charge in [0.1, 0.15) is 0 Å². The molecule has 0 N–H and O–H groups in total. The van der Waals surface area contributed by atoms with Gasteiger partial charge in [-0.1, -0.05) is 226 Å². The molecule has 0 amide bonds. The molecule has 1 nitrogen and oxygen atoms in total. The Kier molecular flexibility index (Phi) is 7.79. The van der Waals surface area contributed by atoms with Crippen LogP contribution in [-0.2, 0) is 10.8 Å². The van der Waals surface area contributed by atoms with E-state index in [1.54, 1.807) is 0 Å². The Bertz CT molecular complexity index is 3810. The lowest BCUT2D eigenvalue weighted by molar-refractivity contribution is 0.659. The minimum atomic E-state index is -0.494. The predicted octanol–water partition coefficient (Wildman–Crippen LogP) is 16.3. The normalized spacial score (nSPS) is 16.2. The summed E-state index contributed by atoms with van der Waals surface area (Å²) in [5.41, 5.74) is 25.5. The Morgan fingerprint density at radius 3 is 1.70 bits per heavy atom. The second kappa shape index (κ2) is 13.8. The third-order valence-corrected chi connectivity index (χ3v) is 15.6. The van der Waals surface area contributed by atoms with Crippen molar-refractivity contribution in [3.8, 4) is 50.2 Å². The smallest absolute Gasteiger partial charge is 0.0754 e. The topological polar surface area (TPSA) is 4.93 Å². The van der Waals surface area contributed by atoms with Gasteiger partial charge >= 0.3 is 0 Å². The molecule has 2 unspecified atom stereocenters. The van der Waals surface area contributed by atoms with Crippen molar-refractivity contribution >= 4 is 21.8 Å². The van der Waals surface area contributed by atoms with E-state index in [9.17, 15) is 0 Å². The lowest BCUT2D eigenvalue weighted by Crippen LogP contribution is -2.33. The summed E-state index contributed by atoms with van der Waals surface area (Å²) >= 11 is 0. The second-order valence-corrected chi connectivity index (χ2v) is 19.0. The van der Waals surface area contributed by atoms with Crippen molar-refractivity contribution in [2.24, 2.45) is 0 Å². The summed E-state index contributed by atoms with van der Waals surface area (Å²) in [5.74, 6) is -0.0638. The Balaban J connectivity index is 1.03. The predicted molar refractivity (Wildman–Crippen MR) is 274 cm³/mol. The molecule has 14 rings (SSSR count). The zero-order valence-electron chi connectivity index (χ0n) is 37.0. The van der Waals surface area contributed by atoms with E-state index in [0.29, 0.717) is 0 Å². The number of rotatable bonds is 5. The van der Waals surface area contributed by atoms with E-state index in [2.05, 4.69) is 249 Å². The van der Waals surface area contributed by atoms with Gasteiger partial charge in [0.15, 0.2) is 0 Å². The maximum absolute atomic E-state index is 2.53. The standard InChI is InChI=1S/C65H45N/c1-64(2)53-31-13-11-28-50(53)62-51(30-19-34-57(62)64)61(47-26-8-6-22-43(47)41-20-4-3-5-21-41)48-27-9-7-23-44(48)42-38-39-55-52(40-42)45-24-10-14-32-54(45)65(55)56-33-15-17-37-60(56)66-59-36-16-12-25-46(59)49-29-18-35-58(65)63(49)66/h3-40,61H,1-2H3. The summed E-state index contributed by atoms with van der Waals surface area (Å²) in [5, 5.41) is 2.59. The van der Waals surface area contributed by atoms with Crippen LogP contribution in [0.15, 0.2) is 231 Å². The summed E-state index contributed by atoms with van der Waals surface area (Å²) in [6, 6.07) is 87.1. The van der Waals surface area contributed by atoms with E-state index in [-0.39, 0.29) is 11.3 Å². The van der Waals surface area contributed by atoms with Gasteiger partial charge in [0.2, 0.25) is 0 Å². The van der Waals surface area contributed by atoms with Gasteiger partial charge < -0.3 is 4.57 Å². The third kappa shape index (κ3) is 4.84. The highest BCUT2D eigenvalue weighted by atomic mass is 15.0. The van der Waals surface area contributed by atoms with Crippen molar-refractivity contribution in [3.63, 3.8) is 0 Å². The molecular formula is C65H45N. The number of para-hydroxylation sites is 3. The molecule has 2 atom stereocenters. The fraction of sp³-hybridized carbons (Fsp3) is 0.0769. The first-order chi connectivity index (χ1) is 32.5. The minimum Gasteiger partial charge on any atom is -0.309 e. The quantitative estimate of drug-likeness (QED) is 0.152. The van der Waals surface area contributed by atoms with E-state index in [1.165, 1.54) is 122 Å². The van der Waals surface area contributed by atoms with Crippen LogP contribution < -0.4 is 0 Å². The van der Waals surface area contributed by atoms with Crippen molar-refractivity contribution in [3.05, 3.63) is 281 Å². The third-order valence-electron chi connectivity index (χ3n) is 15.6. The van der Waals surface area contributed by atoms with Crippen LogP contribution in [0.1, 0.15) is 69.8 Å². The maximum atomic E-state index is 2.53. The van der Waals surface area contributed by atoms with Crippen molar-refractivity contribution in [1.29, 1.82) is 0 Å². The van der Waals surface area contributed by atoms with Crippen molar-refractivity contribution in [2.45, 2.75) is 30.6 Å². The average Bonchev–Trinajstić information content (AvgIpc) is 3.96. The molecule has 310 valence electrons.